The second-order valence-electron chi connectivity index (χ2n) is 4.95. The average molecular weight is 267 g/mol. The van der Waals surface area contributed by atoms with Crippen molar-refractivity contribution in [2.75, 3.05) is 26.2 Å². The molecule has 1 atom stereocenters. The van der Waals surface area contributed by atoms with Crippen LogP contribution in [0.15, 0.2) is 18.2 Å². The van der Waals surface area contributed by atoms with Gasteiger partial charge in [0.05, 0.1) is 12.6 Å². The maximum atomic E-state index is 13.6. The van der Waals surface area contributed by atoms with E-state index in [4.69, 9.17) is 0 Å². The van der Waals surface area contributed by atoms with Gasteiger partial charge in [-0.25, -0.2) is 13.6 Å². The second kappa shape index (κ2) is 4.77. The molecule has 1 aromatic rings. The van der Waals surface area contributed by atoms with Gasteiger partial charge in [0.25, 0.3) is 0 Å². The van der Waals surface area contributed by atoms with Gasteiger partial charge in [-0.2, -0.15) is 0 Å². The molecule has 1 N–H and O–H groups in total. The van der Waals surface area contributed by atoms with Crippen LogP contribution in [0.2, 0.25) is 0 Å². The van der Waals surface area contributed by atoms with Gasteiger partial charge in [0.1, 0.15) is 11.6 Å². The molecule has 2 aliphatic rings. The van der Waals surface area contributed by atoms with E-state index >= 15 is 0 Å². The van der Waals surface area contributed by atoms with Crippen LogP contribution in [0.1, 0.15) is 5.56 Å². The van der Waals surface area contributed by atoms with E-state index in [9.17, 15) is 13.6 Å². The van der Waals surface area contributed by atoms with Crippen LogP contribution in [-0.4, -0.2) is 48.1 Å². The maximum absolute atomic E-state index is 13.6. The molecule has 2 fully saturated rings. The third-order valence-electron chi connectivity index (χ3n) is 3.67. The van der Waals surface area contributed by atoms with Crippen molar-refractivity contribution in [3.8, 4) is 0 Å². The number of fused-ring (bicyclic) bond motifs is 1. The molecule has 0 radical (unpaired) electrons. The number of piperazine rings is 1. The first kappa shape index (κ1) is 12.3. The highest BCUT2D eigenvalue weighted by Gasteiger charge is 2.38. The SMILES string of the molecule is O=C1N(Cc2cc(F)ccc2F)CC2CNCCN12. The predicted molar refractivity (Wildman–Crippen MR) is 65.5 cm³/mol. The Labute approximate surface area is 110 Å². The molecule has 0 aromatic heterocycles. The summed E-state index contributed by atoms with van der Waals surface area (Å²) in [7, 11) is 0. The third-order valence-corrected chi connectivity index (χ3v) is 3.67. The number of carbonyl (C=O) groups is 1. The molecule has 0 spiro atoms. The molecular weight excluding hydrogens is 252 g/mol. The zero-order valence-electron chi connectivity index (χ0n) is 10.4. The number of rotatable bonds is 2. The Balaban J connectivity index is 1.76. The van der Waals surface area contributed by atoms with E-state index in [1.54, 1.807) is 9.80 Å². The Hall–Kier alpha value is -1.69. The first-order valence-corrected chi connectivity index (χ1v) is 6.35. The van der Waals surface area contributed by atoms with Crippen LogP contribution in [0.5, 0.6) is 0 Å². The summed E-state index contributed by atoms with van der Waals surface area (Å²) >= 11 is 0. The van der Waals surface area contributed by atoms with E-state index in [1.165, 1.54) is 0 Å². The van der Waals surface area contributed by atoms with Gasteiger partial charge in [-0.05, 0) is 18.2 Å². The van der Waals surface area contributed by atoms with Gasteiger partial charge in [-0.3, -0.25) is 0 Å². The molecule has 2 saturated heterocycles. The molecule has 2 heterocycles. The summed E-state index contributed by atoms with van der Waals surface area (Å²) in [4.78, 5) is 15.5. The lowest BCUT2D eigenvalue weighted by Crippen LogP contribution is -2.49. The summed E-state index contributed by atoms with van der Waals surface area (Å²) < 4.78 is 26.7. The molecule has 2 amide bonds. The first-order valence-electron chi connectivity index (χ1n) is 6.35. The molecule has 0 aliphatic carbocycles. The summed E-state index contributed by atoms with van der Waals surface area (Å²) in [5, 5.41) is 3.23. The minimum absolute atomic E-state index is 0.0878. The van der Waals surface area contributed by atoms with Crippen molar-refractivity contribution in [2.24, 2.45) is 0 Å². The molecule has 1 aromatic carbocycles. The fourth-order valence-electron chi connectivity index (χ4n) is 2.69. The summed E-state index contributed by atoms with van der Waals surface area (Å²) in [5.74, 6) is -0.959. The minimum Gasteiger partial charge on any atom is -0.318 e. The number of halogens is 2. The molecular formula is C13H15F2N3O. The van der Waals surface area contributed by atoms with Gasteiger partial charge in [-0.1, -0.05) is 0 Å². The van der Waals surface area contributed by atoms with Crippen molar-refractivity contribution in [3.05, 3.63) is 35.4 Å². The van der Waals surface area contributed by atoms with E-state index in [0.29, 0.717) is 13.1 Å². The lowest BCUT2D eigenvalue weighted by Gasteiger charge is -2.28. The highest BCUT2D eigenvalue weighted by Crippen LogP contribution is 2.21. The van der Waals surface area contributed by atoms with E-state index in [1.807, 2.05) is 0 Å². The molecule has 19 heavy (non-hydrogen) atoms. The fourth-order valence-corrected chi connectivity index (χ4v) is 2.69. The average Bonchev–Trinajstić information content (AvgIpc) is 2.72. The molecule has 0 bridgehead atoms. The molecule has 0 saturated carbocycles. The Morgan fingerprint density at radius 1 is 1.37 bits per heavy atom. The molecule has 6 heteroatoms. The van der Waals surface area contributed by atoms with E-state index in [-0.39, 0.29) is 24.2 Å². The second-order valence-corrected chi connectivity index (χ2v) is 4.95. The van der Waals surface area contributed by atoms with Crippen molar-refractivity contribution >= 4 is 6.03 Å². The summed E-state index contributed by atoms with van der Waals surface area (Å²) in [6, 6.07) is 3.38. The Bertz CT molecular complexity index is 509. The van der Waals surface area contributed by atoms with Gasteiger partial charge >= 0.3 is 6.03 Å². The zero-order valence-corrected chi connectivity index (χ0v) is 10.4. The normalized spacial score (nSPS) is 22.8. The lowest BCUT2D eigenvalue weighted by molar-refractivity contribution is 0.178. The number of urea groups is 1. The number of nitrogens with one attached hydrogen (secondary N) is 1. The summed E-state index contributed by atoms with van der Waals surface area (Å²) in [6.45, 7) is 2.89. The number of hydrogen-bond acceptors (Lipinski definition) is 2. The Morgan fingerprint density at radius 2 is 2.21 bits per heavy atom. The fraction of sp³-hybridized carbons (Fsp3) is 0.462. The molecule has 4 nitrogen and oxygen atoms in total. The summed E-state index contributed by atoms with van der Waals surface area (Å²) in [6.07, 6.45) is 0. The van der Waals surface area contributed by atoms with Crippen LogP contribution in [0, 0.1) is 11.6 Å². The van der Waals surface area contributed by atoms with Crippen LogP contribution in [0.3, 0.4) is 0 Å². The van der Waals surface area contributed by atoms with Crippen LogP contribution in [0.4, 0.5) is 13.6 Å². The Kier molecular flexibility index (Phi) is 3.10. The molecule has 102 valence electrons. The number of nitrogens with zero attached hydrogens (tertiary/aromatic N) is 2. The van der Waals surface area contributed by atoms with Crippen molar-refractivity contribution in [1.82, 2.24) is 15.1 Å². The number of hydrogen-bond donors (Lipinski definition) is 1. The first-order chi connectivity index (χ1) is 9.15. The van der Waals surface area contributed by atoms with Crippen LogP contribution in [-0.2, 0) is 6.54 Å². The minimum atomic E-state index is -0.484. The topological polar surface area (TPSA) is 35.6 Å². The van der Waals surface area contributed by atoms with Crippen LogP contribution < -0.4 is 5.32 Å². The van der Waals surface area contributed by atoms with Crippen molar-refractivity contribution in [2.45, 2.75) is 12.6 Å². The van der Waals surface area contributed by atoms with Gasteiger partial charge in [-0.15, -0.1) is 0 Å². The predicted octanol–water partition coefficient (Wildman–Crippen LogP) is 1.17. The van der Waals surface area contributed by atoms with Crippen molar-refractivity contribution < 1.29 is 13.6 Å². The monoisotopic (exact) mass is 267 g/mol. The van der Waals surface area contributed by atoms with E-state index in [0.717, 1.165) is 31.3 Å². The summed E-state index contributed by atoms with van der Waals surface area (Å²) in [5.41, 5.74) is 0.223. The van der Waals surface area contributed by atoms with Gasteiger partial charge in [0.15, 0.2) is 0 Å². The van der Waals surface area contributed by atoms with Gasteiger partial charge in [0.2, 0.25) is 0 Å². The molecule has 1 unspecified atom stereocenters. The highest BCUT2D eigenvalue weighted by molar-refractivity contribution is 5.77. The van der Waals surface area contributed by atoms with Crippen LogP contribution in [0.25, 0.3) is 0 Å². The third kappa shape index (κ3) is 2.28. The number of amides is 2. The quantitative estimate of drug-likeness (QED) is 0.873. The molecule has 3 rings (SSSR count). The Morgan fingerprint density at radius 3 is 3.00 bits per heavy atom. The smallest absolute Gasteiger partial charge is 0.318 e. The van der Waals surface area contributed by atoms with Gasteiger partial charge in [0, 0.05) is 31.7 Å². The number of carbonyl (C=O) groups excluding carboxylic acids is 1. The van der Waals surface area contributed by atoms with Crippen LogP contribution >= 0.6 is 0 Å². The maximum Gasteiger partial charge on any atom is 0.320 e. The lowest BCUT2D eigenvalue weighted by atomic mass is 10.2. The van der Waals surface area contributed by atoms with Gasteiger partial charge < -0.3 is 15.1 Å². The highest BCUT2D eigenvalue weighted by atomic mass is 19.1. The molecule has 2 aliphatic heterocycles. The van der Waals surface area contributed by atoms with Crippen molar-refractivity contribution in [3.63, 3.8) is 0 Å². The number of benzene rings is 1. The van der Waals surface area contributed by atoms with E-state index < -0.39 is 11.6 Å². The standard InChI is InChI=1S/C13H15F2N3O/c14-10-1-2-12(15)9(5-10)7-17-8-11-6-16-3-4-18(11)13(17)19/h1-2,5,11,16H,3-4,6-8H2. The van der Waals surface area contributed by atoms with E-state index in [2.05, 4.69) is 5.32 Å². The zero-order chi connectivity index (χ0) is 13.4. The van der Waals surface area contributed by atoms with Crippen molar-refractivity contribution in [1.29, 1.82) is 0 Å². The largest absolute Gasteiger partial charge is 0.320 e.